The highest BCUT2D eigenvalue weighted by Gasteiger charge is 2.45. The molecule has 0 aliphatic carbocycles. The fourth-order valence-electron chi connectivity index (χ4n) is 1.31. The van der Waals surface area contributed by atoms with Crippen molar-refractivity contribution < 1.29 is 35.4 Å². The summed E-state index contributed by atoms with van der Waals surface area (Å²) in [5, 5.41) is 54.3. The summed E-state index contributed by atoms with van der Waals surface area (Å²) < 4.78 is 4.62. The predicted octanol–water partition coefficient (Wildman–Crippen LogP) is -3.86. The first-order chi connectivity index (χ1) is 6.49. The molecule has 84 valence electrons. The van der Waals surface area contributed by atoms with E-state index in [0.29, 0.717) is 0 Å². The van der Waals surface area contributed by atoms with Gasteiger partial charge in [-0.1, -0.05) is 0 Å². The minimum Gasteiger partial charge on any atom is -0.394 e. The molecule has 1 heterocycles. The Hall–Kier alpha value is -0.280. The SMILES string of the molecule is OC[C@@H](O)[C@H]1OC(O)[C@@H](O)[C@@H](O)[C@H]1O. The van der Waals surface area contributed by atoms with Gasteiger partial charge in [0.05, 0.1) is 6.61 Å². The lowest BCUT2D eigenvalue weighted by molar-refractivity contribution is -0.298. The van der Waals surface area contributed by atoms with Gasteiger partial charge in [-0.25, -0.2) is 0 Å². The normalized spacial score (nSPS) is 46.3. The van der Waals surface area contributed by atoms with E-state index in [1.807, 2.05) is 0 Å². The van der Waals surface area contributed by atoms with Gasteiger partial charge in [-0.3, -0.25) is 0 Å². The topological polar surface area (TPSA) is 131 Å². The summed E-state index contributed by atoms with van der Waals surface area (Å²) >= 11 is 0. The molecule has 0 aromatic carbocycles. The Labute approximate surface area is 79.8 Å². The molecule has 1 unspecified atom stereocenters. The molecule has 1 aliphatic rings. The Balaban J connectivity index is 2.70. The van der Waals surface area contributed by atoms with Crippen molar-refractivity contribution in [1.29, 1.82) is 0 Å². The van der Waals surface area contributed by atoms with Gasteiger partial charge in [0.1, 0.15) is 30.5 Å². The zero-order chi connectivity index (χ0) is 10.9. The molecule has 0 aromatic heterocycles. The quantitative estimate of drug-likeness (QED) is 0.275. The van der Waals surface area contributed by atoms with Crippen LogP contribution >= 0.6 is 0 Å². The third-order valence-electron chi connectivity index (χ3n) is 2.19. The molecule has 1 rings (SSSR count). The summed E-state index contributed by atoms with van der Waals surface area (Å²) in [6.07, 6.45) is -9.26. The van der Waals surface area contributed by atoms with Crippen LogP contribution in [0.25, 0.3) is 0 Å². The van der Waals surface area contributed by atoms with Gasteiger partial charge >= 0.3 is 0 Å². The van der Waals surface area contributed by atoms with E-state index < -0.39 is 43.4 Å². The van der Waals surface area contributed by atoms with Crippen LogP contribution in [0.15, 0.2) is 0 Å². The van der Waals surface area contributed by atoms with Crippen LogP contribution in [0.4, 0.5) is 0 Å². The third-order valence-corrected chi connectivity index (χ3v) is 2.19. The van der Waals surface area contributed by atoms with E-state index in [1.54, 1.807) is 0 Å². The van der Waals surface area contributed by atoms with E-state index in [2.05, 4.69) is 4.74 Å². The number of aliphatic hydroxyl groups excluding tert-OH is 6. The van der Waals surface area contributed by atoms with Gasteiger partial charge < -0.3 is 35.4 Å². The van der Waals surface area contributed by atoms with Crippen molar-refractivity contribution in [2.24, 2.45) is 0 Å². The highest BCUT2D eigenvalue weighted by atomic mass is 16.6. The number of aliphatic hydroxyl groups is 6. The average molecular weight is 210 g/mol. The Morgan fingerprint density at radius 1 is 1.00 bits per heavy atom. The lowest BCUT2D eigenvalue weighted by Crippen LogP contribution is -2.61. The molecule has 7 nitrogen and oxygen atoms in total. The summed E-state index contributed by atoms with van der Waals surface area (Å²) in [6, 6.07) is 0. The minimum absolute atomic E-state index is 0.683. The molecule has 0 saturated carbocycles. The summed E-state index contributed by atoms with van der Waals surface area (Å²) in [6.45, 7) is -0.683. The lowest BCUT2D eigenvalue weighted by atomic mass is 9.96. The summed E-state index contributed by atoms with van der Waals surface area (Å²) in [7, 11) is 0. The van der Waals surface area contributed by atoms with Crippen molar-refractivity contribution in [3.05, 3.63) is 0 Å². The molecule has 7 heteroatoms. The second-order valence-corrected chi connectivity index (χ2v) is 3.21. The van der Waals surface area contributed by atoms with E-state index >= 15 is 0 Å². The molecule has 1 saturated heterocycles. The molecule has 0 bridgehead atoms. The maximum absolute atomic E-state index is 9.31. The van der Waals surface area contributed by atoms with Crippen LogP contribution in [-0.4, -0.2) is 74.1 Å². The molecule has 0 aromatic rings. The van der Waals surface area contributed by atoms with Gasteiger partial charge in [-0.05, 0) is 0 Å². The number of hydrogen-bond donors (Lipinski definition) is 6. The van der Waals surface area contributed by atoms with Crippen LogP contribution in [-0.2, 0) is 4.74 Å². The number of rotatable bonds is 2. The molecule has 6 atom stereocenters. The molecular formula is C7H14O7. The molecule has 0 radical (unpaired) electrons. The van der Waals surface area contributed by atoms with Gasteiger partial charge in [-0.2, -0.15) is 0 Å². The molecular weight excluding hydrogens is 196 g/mol. The average Bonchev–Trinajstić information content (AvgIpc) is 2.19. The van der Waals surface area contributed by atoms with E-state index in [1.165, 1.54) is 0 Å². The van der Waals surface area contributed by atoms with Gasteiger partial charge in [0.15, 0.2) is 6.29 Å². The molecule has 6 N–H and O–H groups in total. The zero-order valence-corrected chi connectivity index (χ0v) is 7.26. The van der Waals surface area contributed by atoms with Gasteiger partial charge in [-0.15, -0.1) is 0 Å². The van der Waals surface area contributed by atoms with E-state index in [0.717, 1.165) is 0 Å². The van der Waals surface area contributed by atoms with Gasteiger partial charge in [0.25, 0.3) is 0 Å². The summed E-state index contributed by atoms with van der Waals surface area (Å²) in [5.41, 5.74) is 0. The second-order valence-electron chi connectivity index (χ2n) is 3.21. The molecule has 0 amide bonds. The second kappa shape index (κ2) is 4.49. The first-order valence-corrected chi connectivity index (χ1v) is 4.15. The maximum atomic E-state index is 9.31. The first-order valence-electron chi connectivity index (χ1n) is 4.15. The highest BCUT2D eigenvalue weighted by Crippen LogP contribution is 2.21. The summed E-state index contributed by atoms with van der Waals surface area (Å²) in [5.74, 6) is 0. The van der Waals surface area contributed by atoms with Crippen molar-refractivity contribution >= 4 is 0 Å². The largest absolute Gasteiger partial charge is 0.394 e. The van der Waals surface area contributed by atoms with Crippen LogP contribution < -0.4 is 0 Å². The van der Waals surface area contributed by atoms with Crippen LogP contribution in [0.5, 0.6) is 0 Å². The standard InChI is InChI=1S/C7H14O7/c8-1-2(9)6-4(11)3(10)5(12)7(13)14-6/h2-13H,1H2/t2-,3+,4-,5+,6-,7?/m1/s1. The minimum atomic E-state index is -1.69. The monoisotopic (exact) mass is 210 g/mol. The van der Waals surface area contributed by atoms with Crippen LogP contribution in [0.1, 0.15) is 0 Å². The van der Waals surface area contributed by atoms with Crippen molar-refractivity contribution in [2.75, 3.05) is 6.61 Å². The van der Waals surface area contributed by atoms with E-state index in [9.17, 15) is 10.2 Å². The Bertz CT molecular complexity index is 187. The molecule has 0 spiro atoms. The Morgan fingerprint density at radius 3 is 2.07 bits per heavy atom. The Morgan fingerprint density at radius 2 is 1.57 bits per heavy atom. The van der Waals surface area contributed by atoms with E-state index in [4.69, 9.17) is 20.4 Å². The fraction of sp³-hybridized carbons (Fsp3) is 1.00. The van der Waals surface area contributed by atoms with Crippen molar-refractivity contribution in [2.45, 2.75) is 36.8 Å². The Kier molecular flexibility index (Phi) is 3.78. The van der Waals surface area contributed by atoms with Crippen LogP contribution in [0.3, 0.4) is 0 Å². The van der Waals surface area contributed by atoms with Gasteiger partial charge in [0, 0.05) is 0 Å². The molecule has 1 fully saturated rings. The summed E-state index contributed by atoms with van der Waals surface area (Å²) in [4.78, 5) is 0. The first kappa shape index (κ1) is 11.8. The number of ether oxygens (including phenoxy) is 1. The molecule has 1 aliphatic heterocycles. The smallest absolute Gasteiger partial charge is 0.184 e. The van der Waals surface area contributed by atoms with Crippen LogP contribution in [0.2, 0.25) is 0 Å². The highest BCUT2D eigenvalue weighted by molar-refractivity contribution is 4.91. The number of hydrogen-bond acceptors (Lipinski definition) is 7. The predicted molar refractivity (Wildman–Crippen MR) is 42.0 cm³/mol. The fourth-order valence-corrected chi connectivity index (χ4v) is 1.31. The third kappa shape index (κ3) is 2.04. The maximum Gasteiger partial charge on any atom is 0.184 e. The van der Waals surface area contributed by atoms with Crippen LogP contribution in [0, 0.1) is 0 Å². The van der Waals surface area contributed by atoms with Gasteiger partial charge in [0.2, 0.25) is 0 Å². The molecule has 14 heavy (non-hydrogen) atoms. The van der Waals surface area contributed by atoms with E-state index in [-0.39, 0.29) is 0 Å². The van der Waals surface area contributed by atoms with Crippen molar-refractivity contribution in [1.82, 2.24) is 0 Å². The van der Waals surface area contributed by atoms with Crippen molar-refractivity contribution in [3.63, 3.8) is 0 Å². The lowest BCUT2D eigenvalue weighted by Gasteiger charge is -2.39. The van der Waals surface area contributed by atoms with Crippen molar-refractivity contribution in [3.8, 4) is 0 Å². The zero-order valence-electron chi connectivity index (χ0n) is 7.26.